The van der Waals surface area contributed by atoms with Crippen molar-refractivity contribution in [1.29, 1.82) is 0 Å². The van der Waals surface area contributed by atoms with E-state index in [0.717, 1.165) is 46.7 Å². The predicted octanol–water partition coefficient (Wildman–Crippen LogP) is 4.79. The van der Waals surface area contributed by atoms with Gasteiger partial charge >= 0.3 is 6.09 Å². The van der Waals surface area contributed by atoms with E-state index in [4.69, 9.17) is 9.72 Å². The van der Waals surface area contributed by atoms with Crippen LogP contribution < -0.4 is 9.80 Å². The van der Waals surface area contributed by atoms with Gasteiger partial charge in [-0.3, -0.25) is 9.88 Å². The lowest BCUT2D eigenvalue weighted by molar-refractivity contribution is 0.0575. The van der Waals surface area contributed by atoms with Crippen LogP contribution in [0.5, 0.6) is 0 Å². The molecule has 2 fully saturated rings. The molecule has 9 heteroatoms. The number of anilines is 2. The quantitative estimate of drug-likeness (QED) is 0.397. The summed E-state index contributed by atoms with van der Waals surface area (Å²) in [6.07, 6.45) is 5.04. The van der Waals surface area contributed by atoms with Crippen LogP contribution in [0.2, 0.25) is 0 Å². The van der Waals surface area contributed by atoms with E-state index in [1.54, 1.807) is 15.6 Å². The molecule has 1 N–H and O–H groups in total. The molecule has 9 nitrogen and oxygen atoms in total. The number of rotatable bonds is 6. The molecule has 0 radical (unpaired) electrons. The van der Waals surface area contributed by atoms with Gasteiger partial charge in [0.25, 0.3) is 0 Å². The van der Waals surface area contributed by atoms with Crippen LogP contribution in [0.4, 0.5) is 16.4 Å². The number of amides is 1. The zero-order valence-electron chi connectivity index (χ0n) is 21.9. The second-order valence-electron chi connectivity index (χ2n) is 11.1. The van der Waals surface area contributed by atoms with Gasteiger partial charge in [-0.05, 0) is 57.2 Å². The molecule has 38 heavy (non-hydrogen) atoms. The first-order chi connectivity index (χ1) is 18.2. The molecule has 1 aromatic carbocycles. The highest BCUT2D eigenvalue weighted by atomic mass is 16.6. The van der Waals surface area contributed by atoms with Crippen molar-refractivity contribution in [2.24, 2.45) is 0 Å². The second-order valence-corrected chi connectivity index (χ2v) is 11.1. The predicted molar refractivity (Wildman–Crippen MR) is 145 cm³/mol. The number of carbonyl (C=O) groups is 1. The first kappa shape index (κ1) is 24.4. The number of ether oxygens (including phenoxy) is 1. The smallest absolute Gasteiger partial charge is 0.416 e. The summed E-state index contributed by atoms with van der Waals surface area (Å²) in [5, 5.41) is 14.6. The monoisotopic (exact) mass is 512 g/mol. The number of fused-ring (bicyclic) bond motifs is 1. The Morgan fingerprint density at radius 1 is 1.13 bits per heavy atom. The number of hydrogen-bond donors (Lipinski definition) is 1. The lowest BCUT2D eigenvalue weighted by atomic mass is 10.1. The maximum Gasteiger partial charge on any atom is 0.416 e. The summed E-state index contributed by atoms with van der Waals surface area (Å²) in [5.41, 5.74) is 4.01. The van der Waals surface area contributed by atoms with E-state index in [1.165, 1.54) is 0 Å². The minimum atomic E-state index is -0.669. The third kappa shape index (κ3) is 4.93. The molecule has 3 aromatic heterocycles. The standard InChI is InChI=1S/C29H32N6O3/c1-29(2,3)38-28(37)34(16-19-7-9-21(10-8-19)24-6-4-5-13-30-24)26-14-25(33-17-22(36)18-33)32-27-23(20-11-12-20)15-31-35(26)27/h4-10,13-15,20,22,36H,11-12,16-18H2,1-3H3. The largest absolute Gasteiger partial charge is 0.443 e. The molecule has 1 aliphatic carbocycles. The summed E-state index contributed by atoms with van der Waals surface area (Å²) in [6, 6.07) is 15.7. The van der Waals surface area contributed by atoms with Gasteiger partial charge in [0.1, 0.15) is 17.2 Å². The highest BCUT2D eigenvalue weighted by Gasteiger charge is 2.33. The topological polar surface area (TPSA) is 96.1 Å². The van der Waals surface area contributed by atoms with Crippen molar-refractivity contribution >= 4 is 23.4 Å². The Balaban J connectivity index is 1.40. The summed E-state index contributed by atoms with van der Waals surface area (Å²) in [4.78, 5) is 26.6. The molecule has 0 unspecified atom stereocenters. The van der Waals surface area contributed by atoms with Gasteiger partial charge in [-0.25, -0.2) is 9.78 Å². The van der Waals surface area contributed by atoms with E-state index in [0.29, 0.717) is 24.8 Å². The molecule has 196 valence electrons. The number of pyridine rings is 1. The van der Waals surface area contributed by atoms with Crippen molar-refractivity contribution < 1.29 is 14.6 Å². The molecular formula is C29H32N6O3. The van der Waals surface area contributed by atoms with E-state index < -0.39 is 11.7 Å². The zero-order valence-corrected chi connectivity index (χ0v) is 21.9. The number of aliphatic hydroxyl groups excluding tert-OH is 1. The molecule has 4 aromatic rings. The molecule has 1 saturated carbocycles. The van der Waals surface area contributed by atoms with Crippen LogP contribution in [0.15, 0.2) is 60.9 Å². The first-order valence-corrected chi connectivity index (χ1v) is 13.1. The molecule has 6 rings (SSSR count). The van der Waals surface area contributed by atoms with E-state index in [2.05, 4.69) is 10.1 Å². The molecular weight excluding hydrogens is 480 g/mol. The van der Waals surface area contributed by atoms with Gasteiger partial charge in [0.15, 0.2) is 5.65 Å². The first-order valence-electron chi connectivity index (χ1n) is 13.1. The summed E-state index contributed by atoms with van der Waals surface area (Å²) in [7, 11) is 0. The van der Waals surface area contributed by atoms with Crippen LogP contribution in [0.25, 0.3) is 16.9 Å². The SMILES string of the molecule is CC(C)(C)OC(=O)N(Cc1ccc(-c2ccccn2)cc1)c1cc(N2CC(O)C2)nc2c(C3CC3)cnn12. The van der Waals surface area contributed by atoms with Crippen LogP contribution in [0.3, 0.4) is 0 Å². The maximum atomic E-state index is 13.6. The Hall–Kier alpha value is -3.98. The number of benzene rings is 1. The normalized spacial score (nSPS) is 15.9. The molecule has 1 aliphatic heterocycles. The van der Waals surface area contributed by atoms with E-state index in [-0.39, 0.29) is 12.6 Å². The summed E-state index contributed by atoms with van der Waals surface area (Å²) >= 11 is 0. The minimum Gasteiger partial charge on any atom is -0.443 e. The lowest BCUT2D eigenvalue weighted by Crippen LogP contribution is -2.51. The third-order valence-corrected chi connectivity index (χ3v) is 6.82. The van der Waals surface area contributed by atoms with Crippen LogP contribution in [-0.4, -0.2) is 55.6 Å². The zero-order chi connectivity index (χ0) is 26.4. The Morgan fingerprint density at radius 3 is 2.53 bits per heavy atom. The lowest BCUT2D eigenvalue weighted by Gasteiger charge is -2.37. The van der Waals surface area contributed by atoms with Crippen molar-refractivity contribution in [2.45, 2.75) is 57.8 Å². The van der Waals surface area contributed by atoms with Gasteiger partial charge in [-0.2, -0.15) is 9.61 Å². The van der Waals surface area contributed by atoms with Crippen LogP contribution in [0.1, 0.15) is 50.7 Å². The molecule has 0 atom stereocenters. The molecule has 1 amide bonds. The number of hydrogen-bond acceptors (Lipinski definition) is 7. The Morgan fingerprint density at radius 2 is 1.89 bits per heavy atom. The van der Waals surface area contributed by atoms with Gasteiger partial charge in [-0.1, -0.05) is 30.3 Å². The summed E-state index contributed by atoms with van der Waals surface area (Å²) in [5.74, 6) is 1.75. The maximum absolute atomic E-state index is 13.6. The fourth-order valence-corrected chi connectivity index (χ4v) is 4.68. The van der Waals surface area contributed by atoms with E-state index in [1.807, 2.05) is 80.4 Å². The molecule has 0 bridgehead atoms. The highest BCUT2D eigenvalue weighted by molar-refractivity contribution is 5.88. The fourth-order valence-electron chi connectivity index (χ4n) is 4.68. The van der Waals surface area contributed by atoms with Crippen LogP contribution in [0, 0.1) is 0 Å². The van der Waals surface area contributed by atoms with E-state index >= 15 is 0 Å². The van der Waals surface area contributed by atoms with Gasteiger partial charge in [0.05, 0.1) is 24.5 Å². The third-order valence-electron chi connectivity index (χ3n) is 6.82. The molecule has 1 saturated heterocycles. The molecule has 2 aliphatic rings. The average Bonchev–Trinajstić information content (AvgIpc) is 3.63. The number of aliphatic hydroxyl groups is 1. The second kappa shape index (κ2) is 9.40. The number of β-amino-alcohol motifs (C(OH)–C–C–N with tert-alkyl or cyclic N) is 1. The summed E-state index contributed by atoms with van der Waals surface area (Å²) < 4.78 is 7.60. The van der Waals surface area contributed by atoms with Gasteiger partial charge < -0.3 is 14.7 Å². The number of aromatic nitrogens is 4. The van der Waals surface area contributed by atoms with Crippen LogP contribution >= 0.6 is 0 Å². The van der Waals surface area contributed by atoms with Crippen molar-refractivity contribution in [3.63, 3.8) is 0 Å². The Kier molecular flexibility index (Phi) is 6.03. The highest BCUT2D eigenvalue weighted by Crippen LogP contribution is 2.42. The van der Waals surface area contributed by atoms with Crippen molar-refractivity contribution in [2.75, 3.05) is 22.9 Å². The van der Waals surface area contributed by atoms with Gasteiger partial charge in [-0.15, -0.1) is 0 Å². The van der Waals surface area contributed by atoms with E-state index in [9.17, 15) is 9.90 Å². The Bertz CT molecular complexity index is 1450. The Labute approximate surface area is 221 Å². The molecule has 4 heterocycles. The number of carbonyl (C=O) groups excluding carboxylic acids is 1. The van der Waals surface area contributed by atoms with Crippen LogP contribution in [-0.2, 0) is 11.3 Å². The molecule has 0 spiro atoms. The van der Waals surface area contributed by atoms with Crippen molar-refractivity contribution in [3.8, 4) is 11.3 Å². The fraction of sp³-hybridized carbons (Fsp3) is 0.379. The number of nitrogens with zero attached hydrogens (tertiary/aromatic N) is 6. The van der Waals surface area contributed by atoms with Gasteiger partial charge in [0.2, 0.25) is 0 Å². The van der Waals surface area contributed by atoms with Gasteiger partial charge in [0, 0.05) is 36.5 Å². The average molecular weight is 513 g/mol. The van der Waals surface area contributed by atoms with Crippen molar-refractivity contribution in [3.05, 3.63) is 72.1 Å². The summed E-state index contributed by atoms with van der Waals surface area (Å²) in [6.45, 7) is 6.89. The van der Waals surface area contributed by atoms with Crippen molar-refractivity contribution in [1.82, 2.24) is 19.6 Å². The minimum absolute atomic E-state index is 0.289.